The van der Waals surface area contributed by atoms with Crippen LogP contribution in [0.3, 0.4) is 0 Å². The van der Waals surface area contributed by atoms with Crippen molar-refractivity contribution in [3.8, 4) is 5.75 Å². The second kappa shape index (κ2) is 7.46. The van der Waals surface area contributed by atoms with E-state index in [-0.39, 0.29) is 25.0 Å². The van der Waals surface area contributed by atoms with Crippen molar-refractivity contribution in [1.29, 1.82) is 0 Å². The predicted molar refractivity (Wildman–Crippen MR) is 91.1 cm³/mol. The average Bonchev–Trinajstić information content (AvgIpc) is 3.04. The van der Waals surface area contributed by atoms with Gasteiger partial charge in [0.1, 0.15) is 11.9 Å². The summed E-state index contributed by atoms with van der Waals surface area (Å²) in [6.45, 7) is 0.474. The molecule has 1 aromatic heterocycles. The number of primary amides is 1. The zero-order valence-electron chi connectivity index (χ0n) is 13.0. The summed E-state index contributed by atoms with van der Waals surface area (Å²) in [6, 6.07) is 8.87. The van der Waals surface area contributed by atoms with Gasteiger partial charge in [-0.15, -0.1) is 11.3 Å². The number of carbonyl (C=O) groups excluding carboxylic acids is 2. The van der Waals surface area contributed by atoms with E-state index in [9.17, 15) is 9.59 Å². The molecule has 2 amide bonds. The minimum atomic E-state index is -0.534. The van der Waals surface area contributed by atoms with Crippen LogP contribution in [0.25, 0.3) is 0 Å². The molecule has 0 saturated carbocycles. The van der Waals surface area contributed by atoms with Crippen molar-refractivity contribution in [2.75, 3.05) is 18.5 Å². The summed E-state index contributed by atoms with van der Waals surface area (Å²) >= 11 is 1.63. The van der Waals surface area contributed by atoms with Crippen molar-refractivity contribution in [3.63, 3.8) is 0 Å². The van der Waals surface area contributed by atoms with Gasteiger partial charge in [0.2, 0.25) is 5.91 Å². The fourth-order valence-electron chi connectivity index (χ4n) is 2.54. The third kappa shape index (κ3) is 4.12. The molecule has 1 aliphatic heterocycles. The lowest BCUT2D eigenvalue weighted by Crippen LogP contribution is -2.21. The summed E-state index contributed by atoms with van der Waals surface area (Å²) < 4.78 is 10.9. The Labute approximate surface area is 143 Å². The molecule has 0 radical (unpaired) electrons. The van der Waals surface area contributed by atoms with E-state index in [0.717, 1.165) is 11.3 Å². The maximum atomic E-state index is 12.2. The topological polar surface area (TPSA) is 90.7 Å². The predicted octanol–water partition coefficient (Wildman–Crippen LogP) is 2.25. The maximum absolute atomic E-state index is 12.2. The van der Waals surface area contributed by atoms with Gasteiger partial charge in [-0.1, -0.05) is 0 Å². The highest BCUT2D eigenvalue weighted by molar-refractivity contribution is 7.10. The molecule has 1 aromatic carbocycles. The van der Waals surface area contributed by atoms with Crippen LogP contribution < -0.4 is 15.8 Å². The number of carbonyl (C=O) groups is 2. The molecule has 2 heterocycles. The van der Waals surface area contributed by atoms with Gasteiger partial charge in [0.25, 0.3) is 5.91 Å². The van der Waals surface area contributed by atoms with Gasteiger partial charge < -0.3 is 20.5 Å². The fourth-order valence-corrected chi connectivity index (χ4v) is 3.55. The number of anilines is 1. The zero-order valence-corrected chi connectivity index (χ0v) is 13.8. The van der Waals surface area contributed by atoms with Crippen LogP contribution in [0.15, 0.2) is 35.7 Å². The standard InChI is InChI=1S/C17H18N2O4S/c18-15(20)10-23-13-3-1-12(2-4-13)19-16(21)9-14-17-11(5-7-22-14)6-8-24-17/h1-4,6,8,14H,5,7,9-10H2,(H2,18,20)(H,19,21). The monoisotopic (exact) mass is 346 g/mol. The van der Waals surface area contributed by atoms with Crippen LogP contribution in [0.1, 0.15) is 23.0 Å². The van der Waals surface area contributed by atoms with Gasteiger partial charge in [-0.2, -0.15) is 0 Å². The Morgan fingerprint density at radius 3 is 2.83 bits per heavy atom. The highest BCUT2D eigenvalue weighted by Crippen LogP contribution is 2.34. The van der Waals surface area contributed by atoms with Gasteiger partial charge in [-0.05, 0) is 47.7 Å². The number of benzene rings is 1. The summed E-state index contributed by atoms with van der Waals surface area (Å²) in [4.78, 5) is 24.0. The van der Waals surface area contributed by atoms with Crippen LogP contribution in [0, 0.1) is 0 Å². The van der Waals surface area contributed by atoms with E-state index in [4.69, 9.17) is 15.2 Å². The van der Waals surface area contributed by atoms with Gasteiger partial charge in [-0.3, -0.25) is 9.59 Å². The first kappa shape index (κ1) is 16.5. The molecule has 0 bridgehead atoms. The highest BCUT2D eigenvalue weighted by atomic mass is 32.1. The second-order valence-electron chi connectivity index (χ2n) is 5.45. The number of rotatable bonds is 6. The molecular formula is C17H18N2O4S. The van der Waals surface area contributed by atoms with Crippen molar-refractivity contribution in [2.45, 2.75) is 18.9 Å². The smallest absolute Gasteiger partial charge is 0.255 e. The van der Waals surface area contributed by atoms with Crippen LogP contribution in [0.2, 0.25) is 0 Å². The summed E-state index contributed by atoms with van der Waals surface area (Å²) in [7, 11) is 0. The zero-order chi connectivity index (χ0) is 16.9. The molecule has 0 aliphatic carbocycles. The van der Waals surface area contributed by atoms with Crippen molar-refractivity contribution in [3.05, 3.63) is 46.2 Å². The third-order valence-electron chi connectivity index (χ3n) is 3.65. The summed E-state index contributed by atoms with van der Waals surface area (Å²) in [5.74, 6) is -0.120. The molecule has 1 atom stereocenters. The van der Waals surface area contributed by atoms with Gasteiger partial charge in [-0.25, -0.2) is 0 Å². The number of amides is 2. The number of nitrogens with one attached hydrogen (secondary N) is 1. The second-order valence-corrected chi connectivity index (χ2v) is 6.40. The van der Waals surface area contributed by atoms with Crippen LogP contribution in [-0.4, -0.2) is 25.0 Å². The van der Waals surface area contributed by atoms with Gasteiger partial charge in [0.15, 0.2) is 6.61 Å². The van der Waals surface area contributed by atoms with Crippen molar-refractivity contribution in [2.24, 2.45) is 5.73 Å². The molecule has 126 valence electrons. The van der Waals surface area contributed by atoms with Gasteiger partial charge in [0, 0.05) is 10.6 Å². The number of thiophene rings is 1. The van der Waals surface area contributed by atoms with E-state index in [1.807, 2.05) is 5.38 Å². The minimum absolute atomic E-state index is 0.105. The van der Waals surface area contributed by atoms with Gasteiger partial charge >= 0.3 is 0 Å². The highest BCUT2D eigenvalue weighted by Gasteiger charge is 2.24. The molecule has 6 nitrogen and oxygen atoms in total. The molecule has 0 fully saturated rings. The van der Waals surface area contributed by atoms with Crippen LogP contribution in [-0.2, 0) is 20.7 Å². The molecular weight excluding hydrogens is 328 g/mol. The fraction of sp³-hybridized carbons (Fsp3) is 0.294. The molecule has 1 aliphatic rings. The first-order valence-electron chi connectivity index (χ1n) is 7.60. The summed E-state index contributed by atoms with van der Waals surface area (Å²) in [5, 5.41) is 4.88. The SMILES string of the molecule is NC(=O)COc1ccc(NC(=O)CC2OCCc3ccsc32)cc1. The lowest BCUT2D eigenvalue weighted by atomic mass is 10.1. The molecule has 7 heteroatoms. The Morgan fingerprint density at radius 1 is 1.29 bits per heavy atom. The summed E-state index contributed by atoms with van der Waals surface area (Å²) in [5.41, 5.74) is 6.96. The molecule has 2 aromatic rings. The normalized spacial score (nSPS) is 16.2. The average molecular weight is 346 g/mol. The number of hydrogen-bond donors (Lipinski definition) is 2. The molecule has 0 spiro atoms. The maximum Gasteiger partial charge on any atom is 0.255 e. The van der Waals surface area contributed by atoms with Gasteiger partial charge in [0.05, 0.1) is 13.0 Å². The molecule has 24 heavy (non-hydrogen) atoms. The third-order valence-corrected chi connectivity index (χ3v) is 4.70. The minimum Gasteiger partial charge on any atom is -0.484 e. The first-order chi connectivity index (χ1) is 11.6. The molecule has 3 rings (SSSR count). The number of ether oxygens (including phenoxy) is 2. The number of fused-ring (bicyclic) bond motifs is 1. The Morgan fingerprint density at radius 2 is 2.08 bits per heavy atom. The largest absolute Gasteiger partial charge is 0.484 e. The Hall–Kier alpha value is -2.38. The van der Waals surface area contributed by atoms with E-state index >= 15 is 0 Å². The van der Waals surface area contributed by atoms with Crippen LogP contribution >= 0.6 is 11.3 Å². The Kier molecular flexibility index (Phi) is 5.12. The molecule has 1 unspecified atom stereocenters. The number of hydrogen-bond acceptors (Lipinski definition) is 5. The quantitative estimate of drug-likeness (QED) is 0.839. The van der Waals surface area contributed by atoms with Crippen molar-refractivity contribution in [1.82, 2.24) is 0 Å². The van der Waals surface area contributed by atoms with E-state index in [2.05, 4.69) is 11.4 Å². The summed E-state index contributed by atoms with van der Waals surface area (Å²) in [6.07, 6.45) is 1.02. The molecule has 3 N–H and O–H groups in total. The Balaban J connectivity index is 1.55. The van der Waals surface area contributed by atoms with E-state index in [1.165, 1.54) is 5.56 Å². The van der Waals surface area contributed by atoms with E-state index < -0.39 is 5.91 Å². The Bertz CT molecular complexity index is 726. The lowest BCUT2D eigenvalue weighted by Gasteiger charge is -2.22. The van der Waals surface area contributed by atoms with Crippen LogP contribution in [0.5, 0.6) is 5.75 Å². The van der Waals surface area contributed by atoms with E-state index in [0.29, 0.717) is 18.0 Å². The van der Waals surface area contributed by atoms with Crippen molar-refractivity contribution >= 4 is 28.8 Å². The van der Waals surface area contributed by atoms with Crippen LogP contribution in [0.4, 0.5) is 5.69 Å². The lowest BCUT2D eigenvalue weighted by molar-refractivity contribution is -0.120. The van der Waals surface area contributed by atoms with Crippen molar-refractivity contribution < 1.29 is 19.1 Å². The first-order valence-corrected chi connectivity index (χ1v) is 8.48. The number of nitrogens with two attached hydrogens (primary N) is 1. The van der Waals surface area contributed by atoms with E-state index in [1.54, 1.807) is 35.6 Å². The molecule has 0 saturated heterocycles.